The molecule has 2 aromatic rings. The number of Topliss-reactive ketones (excluding diaryl/α,β-unsaturated/α-hetero) is 1. The van der Waals surface area contributed by atoms with Crippen molar-refractivity contribution in [3.63, 3.8) is 0 Å². The molecule has 0 saturated carbocycles. The third kappa shape index (κ3) is 4.95. The van der Waals surface area contributed by atoms with Crippen molar-refractivity contribution in [2.24, 2.45) is 0 Å². The minimum absolute atomic E-state index is 0.0624. The van der Waals surface area contributed by atoms with E-state index in [1.54, 1.807) is 43.3 Å². The van der Waals surface area contributed by atoms with Crippen LogP contribution >= 0.6 is 15.9 Å². The van der Waals surface area contributed by atoms with Gasteiger partial charge in [-0.25, -0.2) is 0 Å². The minimum atomic E-state index is -0.906. The topological polar surface area (TPSA) is 117 Å². The summed E-state index contributed by atoms with van der Waals surface area (Å²) in [5, 5.41) is 30.0. The molecule has 0 spiro atoms. The monoisotopic (exact) mass is 505 g/mol. The number of phenolic OH excluding ortho intramolecular Hbond substituents is 1. The molecular formula is C23H24BrNO7. The summed E-state index contributed by atoms with van der Waals surface area (Å²) in [7, 11) is 0. The summed E-state index contributed by atoms with van der Waals surface area (Å²) in [4.78, 5) is 27.1. The molecule has 1 amide bonds. The van der Waals surface area contributed by atoms with Gasteiger partial charge < -0.3 is 29.7 Å². The van der Waals surface area contributed by atoms with Crippen molar-refractivity contribution in [2.75, 3.05) is 33.0 Å². The van der Waals surface area contributed by atoms with Crippen LogP contribution in [0.2, 0.25) is 0 Å². The number of nitrogens with zero attached hydrogens (tertiary/aromatic N) is 1. The first-order valence-corrected chi connectivity index (χ1v) is 10.9. The van der Waals surface area contributed by atoms with Gasteiger partial charge >= 0.3 is 0 Å². The van der Waals surface area contributed by atoms with E-state index in [2.05, 4.69) is 15.9 Å². The Bertz CT molecular complexity index is 1020. The van der Waals surface area contributed by atoms with E-state index in [1.807, 2.05) is 0 Å². The first-order valence-electron chi connectivity index (χ1n) is 10.1. The Labute approximate surface area is 193 Å². The van der Waals surface area contributed by atoms with Crippen LogP contribution in [0.3, 0.4) is 0 Å². The Morgan fingerprint density at radius 1 is 1.12 bits per heavy atom. The van der Waals surface area contributed by atoms with Crippen molar-refractivity contribution in [1.82, 2.24) is 4.90 Å². The molecule has 1 aliphatic heterocycles. The van der Waals surface area contributed by atoms with E-state index in [4.69, 9.17) is 14.6 Å². The lowest BCUT2D eigenvalue weighted by Gasteiger charge is -2.25. The van der Waals surface area contributed by atoms with Crippen LogP contribution < -0.4 is 4.74 Å². The Balaban J connectivity index is 2.10. The Morgan fingerprint density at radius 3 is 2.50 bits per heavy atom. The molecule has 1 fully saturated rings. The number of halogens is 1. The molecule has 2 aromatic carbocycles. The van der Waals surface area contributed by atoms with Crippen molar-refractivity contribution >= 4 is 33.4 Å². The molecular weight excluding hydrogens is 482 g/mol. The van der Waals surface area contributed by atoms with Crippen molar-refractivity contribution in [3.05, 3.63) is 63.6 Å². The highest BCUT2D eigenvalue weighted by Gasteiger charge is 2.46. The number of ether oxygens (including phenoxy) is 2. The molecule has 9 heteroatoms. The second-order valence-corrected chi connectivity index (χ2v) is 7.91. The second-order valence-electron chi connectivity index (χ2n) is 7.00. The number of aliphatic hydroxyl groups is 2. The minimum Gasteiger partial charge on any atom is -0.507 e. The first-order chi connectivity index (χ1) is 15.4. The van der Waals surface area contributed by atoms with E-state index in [1.165, 1.54) is 11.0 Å². The van der Waals surface area contributed by atoms with E-state index in [0.29, 0.717) is 17.7 Å². The molecule has 0 aliphatic carbocycles. The fourth-order valence-electron chi connectivity index (χ4n) is 3.52. The van der Waals surface area contributed by atoms with E-state index in [-0.39, 0.29) is 49.2 Å². The summed E-state index contributed by atoms with van der Waals surface area (Å²) in [6.07, 6.45) is 0. The SMILES string of the molecule is CCOc1cc(C2C(=C(O)c3ccc(Br)cc3)C(=O)C(=O)N2CCOCCO)ccc1O. The predicted molar refractivity (Wildman–Crippen MR) is 120 cm³/mol. The number of aliphatic hydroxyl groups excluding tert-OH is 2. The third-order valence-electron chi connectivity index (χ3n) is 4.97. The van der Waals surface area contributed by atoms with Crippen molar-refractivity contribution in [2.45, 2.75) is 13.0 Å². The summed E-state index contributed by atoms with van der Waals surface area (Å²) in [5.74, 6) is -1.76. The predicted octanol–water partition coefficient (Wildman–Crippen LogP) is 2.98. The molecule has 1 unspecified atom stereocenters. The number of phenols is 1. The summed E-state index contributed by atoms with van der Waals surface area (Å²) >= 11 is 3.33. The zero-order valence-electron chi connectivity index (χ0n) is 17.5. The van der Waals surface area contributed by atoms with E-state index < -0.39 is 17.7 Å². The van der Waals surface area contributed by atoms with Gasteiger partial charge in [0.15, 0.2) is 11.5 Å². The zero-order chi connectivity index (χ0) is 23.3. The molecule has 1 atom stereocenters. The highest BCUT2D eigenvalue weighted by Crippen LogP contribution is 2.41. The largest absolute Gasteiger partial charge is 0.507 e. The van der Waals surface area contributed by atoms with Crippen LogP contribution in [-0.2, 0) is 14.3 Å². The number of aromatic hydroxyl groups is 1. The second kappa shape index (κ2) is 10.6. The smallest absolute Gasteiger partial charge is 0.295 e. The van der Waals surface area contributed by atoms with Gasteiger partial charge in [-0.1, -0.05) is 34.1 Å². The number of benzene rings is 2. The van der Waals surface area contributed by atoms with Crippen LogP contribution in [0.15, 0.2) is 52.5 Å². The number of carbonyl (C=O) groups is 2. The average Bonchev–Trinajstić information content (AvgIpc) is 3.03. The lowest BCUT2D eigenvalue weighted by atomic mass is 9.95. The van der Waals surface area contributed by atoms with Gasteiger partial charge in [0.1, 0.15) is 5.76 Å². The van der Waals surface area contributed by atoms with Gasteiger partial charge in [0, 0.05) is 16.6 Å². The van der Waals surface area contributed by atoms with E-state index >= 15 is 0 Å². The molecule has 0 aromatic heterocycles. The number of hydrogen-bond acceptors (Lipinski definition) is 7. The molecule has 170 valence electrons. The van der Waals surface area contributed by atoms with Gasteiger partial charge in [0.2, 0.25) is 0 Å². The normalized spacial score (nSPS) is 17.7. The van der Waals surface area contributed by atoms with Crippen LogP contribution in [-0.4, -0.2) is 64.9 Å². The highest BCUT2D eigenvalue weighted by atomic mass is 79.9. The third-order valence-corrected chi connectivity index (χ3v) is 5.50. The molecule has 1 aliphatic rings. The van der Waals surface area contributed by atoms with Gasteiger partial charge in [-0.3, -0.25) is 9.59 Å². The maximum absolute atomic E-state index is 13.0. The molecule has 8 nitrogen and oxygen atoms in total. The number of amides is 1. The van der Waals surface area contributed by atoms with Crippen molar-refractivity contribution < 1.29 is 34.4 Å². The highest BCUT2D eigenvalue weighted by molar-refractivity contribution is 9.10. The van der Waals surface area contributed by atoms with Gasteiger partial charge in [-0.2, -0.15) is 0 Å². The van der Waals surface area contributed by atoms with Crippen molar-refractivity contribution in [3.8, 4) is 11.5 Å². The van der Waals surface area contributed by atoms with Crippen LogP contribution in [0.25, 0.3) is 5.76 Å². The fraction of sp³-hybridized carbons (Fsp3) is 0.304. The van der Waals surface area contributed by atoms with Crippen LogP contribution in [0, 0.1) is 0 Å². The molecule has 1 saturated heterocycles. The lowest BCUT2D eigenvalue weighted by molar-refractivity contribution is -0.140. The summed E-state index contributed by atoms with van der Waals surface area (Å²) in [5.41, 5.74) is 0.815. The molecule has 3 rings (SSSR count). The molecule has 3 N–H and O–H groups in total. The molecule has 1 heterocycles. The number of carbonyl (C=O) groups excluding carboxylic acids is 2. The Morgan fingerprint density at radius 2 is 1.84 bits per heavy atom. The molecule has 32 heavy (non-hydrogen) atoms. The fourth-order valence-corrected chi connectivity index (χ4v) is 3.79. The number of rotatable bonds is 9. The Kier molecular flexibility index (Phi) is 7.89. The van der Waals surface area contributed by atoms with E-state index in [0.717, 1.165) is 4.47 Å². The average molecular weight is 506 g/mol. The van der Waals surface area contributed by atoms with E-state index in [9.17, 15) is 19.8 Å². The number of hydrogen-bond donors (Lipinski definition) is 3. The number of likely N-dealkylation sites (tertiary alicyclic amines) is 1. The maximum atomic E-state index is 13.0. The van der Waals surface area contributed by atoms with Gasteiger partial charge in [0.05, 0.1) is 38.0 Å². The Hall–Kier alpha value is -2.88. The van der Waals surface area contributed by atoms with Crippen LogP contribution in [0.5, 0.6) is 11.5 Å². The quantitative estimate of drug-likeness (QED) is 0.207. The maximum Gasteiger partial charge on any atom is 0.295 e. The summed E-state index contributed by atoms with van der Waals surface area (Å²) in [6.45, 7) is 2.17. The summed E-state index contributed by atoms with van der Waals surface area (Å²) in [6, 6.07) is 10.3. The van der Waals surface area contributed by atoms with Crippen molar-refractivity contribution in [1.29, 1.82) is 0 Å². The van der Waals surface area contributed by atoms with Gasteiger partial charge in [0.25, 0.3) is 11.7 Å². The number of ketones is 1. The van der Waals surface area contributed by atoms with Gasteiger partial charge in [-0.05, 0) is 36.8 Å². The standard InChI is InChI=1S/C23H24BrNO7/c1-2-32-18-13-15(5-8-17(18)27)20-19(21(28)14-3-6-16(24)7-4-14)22(29)23(30)25(20)9-11-31-12-10-26/h3-8,13,20,26-28H,2,9-12H2,1H3. The zero-order valence-corrected chi connectivity index (χ0v) is 19.0. The van der Waals surface area contributed by atoms with Crippen LogP contribution in [0.4, 0.5) is 0 Å². The summed E-state index contributed by atoms with van der Waals surface area (Å²) < 4.78 is 11.5. The van der Waals surface area contributed by atoms with Gasteiger partial charge in [-0.15, -0.1) is 0 Å². The van der Waals surface area contributed by atoms with Crippen LogP contribution in [0.1, 0.15) is 24.1 Å². The molecule has 0 radical (unpaired) electrons. The first kappa shape index (κ1) is 23.8. The lowest BCUT2D eigenvalue weighted by Crippen LogP contribution is -2.33. The molecule has 0 bridgehead atoms.